The molecule has 0 spiro atoms. The molecule has 0 aromatic heterocycles. The van der Waals surface area contributed by atoms with Crippen LogP contribution in [0.4, 0.5) is 26.3 Å². The van der Waals surface area contributed by atoms with Gasteiger partial charge in [-0.15, -0.1) is 0 Å². The molecule has 268 valence electrons. The molecule has 0 radical (unpaired) electrons. The van der Waals surface area contributed by atoms with Crippen LogP contribution in [0.5, 0.6) is 0 Å². The van der Waals surface area contributed by atoms with E-state index in [9.17, 15) is 45.5 Å². The van der Waals surface area contributed by atoms with Crippen molar-refractivity contribution in [3.63, 3.8) is 0 Å². The Morgan fingerprint density at radius 3 is 1.50 bits per heavy atom. The minimum Gasteiger partial charge on any atom is -0.480 e. The van der Waals surface area contributed by atoms with Crippen LogP contribution in [0, 0.1) is 0 Å². The van der Waals surface area contributed by atoms with Crippen molar-refractivity contribution in [1.29, 1.82) is 0 Å². The molecule has 0 saturated carbocycles. The number of unbranched alkanes of at least 4 members (excludes halogenated alkanes) is 2. The number of likely N-dealkylation sites (tertiary alicyclic amines) is 2. The summed E-state index contributed by atoms with van der Waals surface area (Å²) in [6.45, 7) is 6.22. The molecule has 0 aromatic rings. The summed E-state index contributed by atoms with van der Waals surface area (Å²) in [6, 6.07) is -3.65. The van der Waals surface area contributed by atoms with E-state index in [1.54, 1.807) is 0 Å². The van der Waals surface area contributed by atoms with Crippen molar-refractivity contribution in [3.05, 3.63) is 0 Å². The van der Waals surface area contributed by atoms with Gasteiger partial charge in [0.15, 0.2) is 0 Å². The van der Waals surface area contributed by atoms with Crippen molar-refractivity contribution in [2.75, 3.05) is 32.9 Å². The molecule has 2 heterocycles. The van der Waals surface area contributed by atoms with E-state index in [1.807, 2.05) is 20.8 Å². The number of aliphatic carboxylic acids is 1. The topological polar surface area (TPSA) is 159 Å². The predicted molar refractivity (Wildman–Crippen MR) is 149 cm³/mol. The van der Waals surface area contributed by atoms with E-state index in [2.05, 4.69) is 16.4 Å². The van der Waals surface area contributed by atoms with E-state index in [-0.39, 0.29) is 32.5 Å². The van der Waals surface area contributed by atoms with Crippen molar-refractivity contribution in [3.8, 4) is 0 Å². The van der Waals surface area contributed by atoms with E-state index in [0.717, 1.165) is 25.7 Å². The van der Waals surface area contributed by atoms with Gasteiger partial charge in [0, 0.05) is 25.2 Å². The van der Waals surface area contributed by atoms with Gasteiger partial charge in [-0.1, -0.05) is 33.6 Å². The number of carbonyl (C=O) groups excluding carboxylic acids is 3. The number of hydroxylamine groups is 3. The third kappa shape index (κ3) is 14.4. The number of hydrogen-bond donors (Lipinski definition) is 4. The smallest absolute Gasteiger partial charge is 0.471 e. The number of alkyl halides is 6. The minimum atomic E-state index is -5.08. The number of halogens is 6. The van der Waals surface area contributed by atoms with Crippen LogP contribution >= 0.6 is 0 Å². The van der Waals surface area contributed by atoms with E-state index >= 15 is 0 Å². The second-order valence-electron chi connectivity index (χ2n) is 10.8. The quantitative estimate of drug-likeness (QED) is 0.115. The first-order valence-electron chi connectivity index (χ1n) is 15.2. The molecule has 2 rings (SSSR count). The fourth-order valence-electron chi connectivity index (χ4n) is 4.52. The van der Waals surface area contributed by atoms with E-state index in [0.29, 0.717) is 42.3 Å². The third-order valence-corrected chi connectivity index (χ3v) is 6.94. The maximum atomic E-state index is 12.9. The van der Waals surface area contributed by atoms with Gasteiger partial charge in [-0.3, -0.25) is 19.2 Å². The maximum absolute atomic E-state index is 12.9. The van der Waals surface area contributed by atoms with Crippen molar-refractivity contribution >= 4 is 23.7 Å². The monoisotopic (exact) mass is 681 g/mol. The fourth-order valence-corrected chi connectivity index (χ4v) is 4.52. The van der Waals surface area contributed by atoms with E-state index in [1.165, 1.54) is 0 Å². The third-order valence-electron chi connectivity index (χ3n) is 6.94. The van der Waals surface area contributed by atoms with E-state index < -0.39 is 60.2 Å². The fraction of sp³-hybridized carbons (Fsp3) is 0.852. The Balaban J connectivity index is 0.000000467. The molecule has 2 aliphatic heterocycles. The van der Waals surface area contributed by atoms with Gasteiger partial charge in [0.25, 0.3) is 5.91 Å². The molecule has 19 heteroatoms. The number of carboxylic acids is 1. The summed E-state index contributed by atoms with van der Waals surface area (Å²) in [6.07, 6.45) is -5.30. The van der Waals surface area contributed by atoms with Gasteiger partial charge < -0.3 is 24.6 Å². The first kappa shape index (κ1) is 41.3. The summed E-state index contributed by atoms with van der Waals surface area (Å²) in [4.78, 5) is 62.2. The zero-order valence-electron chi connectivity index (χ0n) is 26.2. The van der Waals surface area contributed by atoms with Crippen molar-refractivity contribution in [2.45, 2.75) is 115 Å². The standard InChI is InChI=1S/C15H26F3N3O4.C12H19F3N2O4/c1-3-5-9-25-19-11-6-7-12(13(22)20-24-8-4-2)21(10-11)14(23)15(16,17)18;1-2-3-6-21-16-8-4-5-9(10(18)19)17(7-8)11(20)12(13,14)15/h11-12,19H,3-10H2,1-2H3,(H,20,22);8-9,16H,2-7H2,1H3,(H,18,19)/t11-,12+;8-,9+/m11/s1. The number of carboxylic acid groups (broad SMARTS) is 1. The molecule has 0 aromatic carbocycles. The number of hydrogen-bond acceptors (Lipinski definition) is 9. The number of nitrogens with one attached hydrogen (secondary N) is 3. The molecule has 0 unspecified atom stereocenters. The molecule has 4 atom stereocenters. The van der Waals surface area contributed by atoms with Crippen LogP contribution in [0.2, 0.25) is 0 Å². The largest absolute Gasteiger partial charge is 0.480 e. The molecule has 0 aliphatic carbocycles. The molecule has 0 bridgehead atoms. The average Bonchev–Trinajstić information content (AvgIpc) is 3.00. The van der Waals surface area contributed by atoms with Crippen LogP contribution in [-0.2, 0) is 33.7 Å². The summed E-state index contributed by atoms with van der Waals surface area (Å²) in [5, 5.41) is 8.94. The predicted octanol–water partition coefficient (Wildman–Crippen LogP) is 3.00. The average molecular weight is 682 g/mol. The molecular weight excluding hydrogens is 636 g/mol. The Labute approximate surface area is 263 Å². The summed E-state index contributed by atoms with van der Waals surface area (Å²) < 4.78 is 76.1. The van der Waals surface area contributed by atoms with Gasteiger partial charge in [0.2, 0.25) is 0 Å². The van der Waals surface area contributed by atoms with Gasteiger partial charge in [-0.05, 0) is 44.9 Å². The highest BCUT2D eigenvalue weighted by Gasteiger charge is 2.49. The number of amides is 3. The lowest BCUT2D eigenvalue weighted by atomic mass is 9.98. The Kier molecular flexibility index (Phi) is 18.4. The molecule has 4 N–H and O–H groups in total. The second-order valence-corrected chi connectivity index (χ2v) is 10.8. The summed E-state index contributed by atoms with van der Waals surface area (Å²) in [7, 11) is 0. The molecule has 2 saturated heterocycles. The first-order valence-corrected chi connectivity index (χ1v) is 15.2. The van der Waals surface area contributed by atoms with Crippen molar-refractivity contribution < 1.29 is 65.1 Å². The molecule has 46 heavy (non-hydrogen) atoms. The van der Waals surface area contributed by atoms with Crippen LogP contribution in [0.3, 0.4) is 0 Å². The molecule has 2 fully saturated rings. The van der Waals surface area contributed by atoms with E-state index in [4.69, 9.17) is 19.6 Å². The highest BCUT2D eigenvalue weighted by atomic mass is 19.4. The minimum absolute atomic E-state index is 0.0496. The maximum Gasteiger partial charge on any atom is 0.471 e. The van der Waals surface area contributed by atoms with Crippen LogP contribution in [0.1, 0.15) is 78.6 Å². The lowest BCUT2D eigenvalue weighted by Crippen LogP contribution is -2.60. The summed E-state index contributed by atoms with van der Waals surface area (Å²) in [5.41, 5.74) is 7.39. The Morgan fingerprint density at radius 2 is 1.11 bits per heavy atom. The highest BCUT2D eigenvalue weighted by molar-refractivity contribution is 5.90. The normalized spacial score (nSPS) is 22.1. The second kappa shape index (κ2) is 20.5. The molecular formula is C27H45F6N5O8. The zero-order valence-corrected chi connectivity index (χ0v) is 26.2. The van der Waals surface area contributed by atoms with Gasteiger partial charge >= 0.3 is 30.1 Å². The zero-order chi connectivity index (χ0) is 34.9. The van der Waals surface area contributed by atoms with Gasteiger partial charge in [0.1, 0.15) is 12.1 Å². The number of nitrogens with zero attached hydrogens (tertiary/aromatic N) is 2. The summed E-state index contributed by atoms with van der Waals surface area (Å²) in [5.74, 6) is -6.35. The van der Waals surface area contributed by atoms with Gasteiger partial charge in [-0.2, -0.15) is 37.3 Å². The number of rotatable bonds is 15. The van der Waals surface area contributed by atoms with Gasteiger partial charge in [-0.25, -0.2) is 10.3 Å². The SMILES string of the molecule is CCCCON[C@@H]1CC[C@@H](C(=O)NOCCC)N(C(=O)C(F)(F)F)C1.CCCCON[C@@H]1CC[C@@H](C(=O)O)N(C(=O)C(F)(F)F)C1. The lowest BCUT2D eigenvalue weighted by molar-refractivity contribution is -0.192. The molecule has 2 aliphatic rings. The van der Waals surface area contributed by atoms with Crippen LogP contribution in [-0.4, -0.2) is 108 Å². The van der Waals surface area contributed by atoms with Crippen LogP contribution < -0.4 is 16.4 Å². The first-order chi connectivity index (χ1) is 21.6. The van der Waals surface area contributed by atoms with Crippen LogP contribution in [0.15, 0.2) is 0 Å². The highest BCUT2D eigenvalue weighted by Crippen LogP contribution is 2.27. The van der Waals surface area contributed by atoms with Crippen molar-refractivity contribution in [2.24, 2.45) is 0 Å². The summed E-state index contributed by atoms with van der Waals surface area (Å²) >= 11 is 0. The Morgan fingerprint density at radius 1 is 0.674 bits per heavy atom. The van der Waals surface area contributed by atoms with Gasteiger partial charge in [0.05, 0.1) is 19.8 Å². The number of carbonyl (C=O) groups is 4. The molecule has 13 nitrogen and oxygen atoms in total. The Bertz CT molecular complexity index is 959. The Hall–Kier alpha value is -2.74. The number of piperidine rings is 2. The lowest BCUT2D eigenvalue weighted by Gasteiger charge is -2.38. The van der Waals surface area contributed by atoms with Crippen LogP contribution in [0.25, 0.3) is 0 Å². The van der Waals surface area contributed by atoms with Crippen molar-refractivity contribution in [1.82, 2.24) is 26.2 Å². The molecule has 3 amide bonds.